The molecule has 0 fully saturated rings. The average Bonchev–Trinajstić information content (AvgIpc) is 2.80. The number of aromatic amines is 1. The zero-order valence-corrected chi connectivity index (χ0v) is 13.2. The van der Waals surface area contributed by atoms with Gasteiger partial charge in [-0.2, -0.15) is 5.26 Å². The molecule has 2 N–H and O–H groups in total. The molecule has 1 aromatic rings. The summed E-state index contributed by atoms with van der Waals surface area (Å²) in [6.07, 6.45) is 3.70. The quantitative estimate of drug-likeness (QED) is 0.535. The minimum absolute atomic E-state index is 0.137. The molecule has 7 heteroatoms. The lowest BCUT2D eigenvalue weighted by Crippen LogP contribution is -2.37. The summed E-state index contributed by atoms with van der Waals surface area (Å²) in [7, 11) is 1.81. The van der Waals surface area contributed by atoms with Crippen LogP contribution in [0.3, 0.4) is 0 Å². The predicted molar refractivity (Wildman–Crippen MR) is 80.8 cm³/mol. The van der Waals surface area contributed by atoms with Crippen LogP contribution in [0.4, 0.5) is 0 Å². The molecule has 0 aliphatic carbocycles. The molecule has 1 heterocycles. The van der Waals surface area contributed by atoms with E-state index in [0.29, 0.717) is 6.54 Å². The van der Waals surface area contributed by atoms with Gasteiger partial charge in [0, 0.05) is 12.3 Å². The van der Waals surface area contributed by atoms with Gasteiger partial charge in [0.25, 0.3) is 0 Å². The van der Waals surface area contributed by atoms with Crippen molar-refractivity contribution in [2.75, 3.05) is 12.8 Å². The first kappa shape index (κ1) is 16.8. The van der Waals surface area contributed by atoms with Gasteiger partial charge in [-0.15, -0.1) is 5.10 Å². The van der Waals surface area contributed by atoms with Gasteiger partial charge in [0.05, 0.1) is 6.07 Å². The lowest BCUT2D eigenvalue weighted by Gasteiger charge is -2.20. The van der Waals surface area contributed by atoms with Gasteiger partial charge in [-0.05, 0) is 39.7 Å². The van der Waals surface area contributed by atoms with Gasteiger partial charge in [0.15, 0.2) is 5.16 Å². The lowest BCUT2D eigenvalue weighted by molar-refractivity contribution is 0.439. The van der Waals surface area contributed by atoms with Gasteiger partial charge >= 0.3 is 5.69 Å². The molecule has 0 bridgehead atoms. The van der Waals surface area contributed by atoms with E-state index in [9.17, 15) is 4.79 Å². The van der Waals surface area contributed by atoms with Crippen molar-refractivity contribution in [1.29, 1.82) is 5.26 Å². The van der Waals surface area contributed by atoms with E-state index in [4.69, 9.17) is 5.26 Å². The molecule has 0 aliphatic heterocycles. The third-order valence-electron chi connectivity index (χ3n) is 3.27. The molecule has 0 saturated carbocycles. The fourth-order valence-electron chi connectivity index (χ4n) is 1.82. The molecule has 1 unspecified atom stereocenters. The summed E-state index contributed by atoms with van der Waals surface area (Å²) in [6, 6.07) is 2.29. The highest BCUT2D eigenvalue weighted by atomic mass is 32.2. The van der Waals surface area contributed by atoms with E-state index in [1.807, 2.05) is 20.9 Å². The Morgan fingerprint density at radius 3 is 2.90 bits per heavy atom. The molecule has 0 spiro atoms. The molecular weight excluding hydrogens is 274 g/mol. The summed E-state index contributed by atoms with van der Waals surface area (Å²) in [5.41, 5.74) is -0.581. The van der Waals surface area contributed by atoms with Crippen molar-refractivity contribution < 1.29 is 0 Å². The predicted octanol–water partition coefficient (Wildman–Crippen LogP) is 1.75. The van der Waals surface area contributed by atoms with Gasteiger partial charge in [-0.3, -0.25) is 4.57 Å². The number of H-pyrrole nitrogens is 1. The average molecular weight is 297 g/mol. The second-order valence-corrected chi connectivity index (χ2v) is 6.02. The molecule has 1 rings (SSSR count). The molecule has 20 heavy (non-hydrogen) atoms. The topological polar surface area (TPSA) is 86.5 Å². The van der Waals surface area contributed by atoms with Crippen LogP contribution in [0.15, 0.2) is 9.95 Å². The Hall–Kier alpha value is -1.26. The SMILES string of the molecule is CCCn1c(SCCCCC(C)(C#N)NC)n[nH]c1=O. The van der Waals surface area contributed by atoms with E-state index in [-0.39, 0.29) is 5.69 Å². The molecule has 6 nitrogen and oxygen atoms in total. The maximum atomic E-state index is 11.5. The van der Waals surface area contributed by atoms with Crippen LogP contribution in [0, 0.1) is 11.3 Å². The lowest BCUT2D eigenvalue weighted by atomic mass is 9.97. The highest BCUT2D eigenvalue weighted by Gasteiger charge is 2.19. The van der Waals surface area contributed by atoms with Crippen molar-refractivity contribution in [3.8, 4) is 6.07 Å². The van der Waals surface area contributed by atoms with Gasteiger partial charge < -0.3 is 5.32 Å². The van der Waals surface area contributed by atoms with Gasteiger partial charge in [-0.1, -0.05) is 18.7 Å². The molecular formula is C13H23N5OS. The third-order valence-corrected chi connectivity index (χ3v) is 4.33. The maximum Gasteiger partial charge on any atom is 0.343 e. The standard InChI is InChI=1S/C13H23N5OS/c1-4-8-18-11(19)16-17-12(18)20-9-6-5-7-13(2,10-14)15-3/h15H,4-9H2,1-3H3,(H,16,19). The summed E-state index contributed by atoms with van der Waals surface area (Å²) in [4.78, 5) is 11.5. The molecule has 0 amide bonds. The number of aromatic nitrogens is 3. The number of nitrogens with one attached hydrogen (secondary N) is 2. The molecule has 1 atom stereocenters. The van der Waals surface area contributed by atoms with Crippen LogP contribution >= 0.6 is 11.8 Å². The van der Waals surface area contributed by atoms with Crippen molar-refractivity contribution in [3.05, 3.63) is 10.5 Å². The summed E-state index contributed by atoms with van der Waals surface area (Å²) < 4.78 is 1.68. The van der Waals surface area contributed by atoms with E-state index in [0.717, 1.165) is 36.6 Å². The Kier molecular flexibility index (Phi) is 6.82. The van der Waals surface area contributed by atoms with Crippen LogP contribution in [-0.2, 0) is 6.54 Å². The Morgan fingerprint density at radius 2 is 2.30 bits per heavy atom. The number of unbranched alkanes of at least 4 members (excludes halogenated alkanes) is 1. The van der Waals surface area contributed by atoms with Crippen LogP contribution in [0.5, 0.6) is 0 Å². The summed E-state index contributed by atoms with van der Waals surface area (Å²) in [6.45, 7) is 4.64. The second-order valence-electron chi connectivity index (χ2n) is 4.96. The van der Waals surface area contributed by atoms with Crippen molar-refractivity contribution >= 4 is 11.8 Å². The zero-order chi connectivity index (χ0) is 15.0. The minimum atomic E-state index is -0.443. The van der Waals surface area contributed by atoms with Gasteiger partial charge in [-0.25, -0.2) is 9.89 Å². The van der Waals surface area contributed by atoms with Crippen molar-refractivity contribution in [1.82, 2.24) is 20.1 Å². The largest absolute Gasteiger partial charge is 0.343 e. The smallest absolute Gasteiger partial charge is 0.303 e. The summed E-state index contributed by atoms with van der Waals surface area (Å²) in [5.74, 6) is 0.902. The Morgan fingerprint density at radius 1 is 1.55 bits per heavy atom. The van der Waals surface area contributed by atoms with Crippen molar-refractivity contribution in [2.24, 2.45) is 0 Å². The first-order chi connectivity index (χ1) is 9.56. The Labute approximate surface area is 123 Å². The van der Waals surface area contributed by atoms with Crippen molar-refractivity contribution in [3.63, 3.8) is 0 Å². The fourth-order valence-corrected chi connectivity index (χ4v) is 2.79. The monoisotopic (exact) mass is 297 g/mol. The first-order valence-corrected chi connectivity index (χ1v) is 7.93. The summed E-state index contributed by atoms with van der Waals surface area (Å²) >= 11 is 1.59. The van der Waals surface area contributed by atoms with Gasteiger partial charge in [0.1, 0.15) is 5.54 Å². The van der Waals surface area contributed by atoms with Crippen LogP contribution in [0.1, 0.15) is 39.5 Å². The van der Waals surface area contributed by atoms with Gasteiger partial charge in [0.2, 0.25) is 0 Å². The number of hydrogen-bond acceptors (Lipinski definition) is 5. The Balaban J connectivity index is 2.35. The van der Waals surface area contributed by atoms with E-state index in [2.05, 4.69) is 21.6 Å². The van der Waals surface area contributed by atoms with Crippen LogP contribution in [-0.4, -0.2) is 33.1 Å². The number of nitriles is 1. The van der Waals surface area contributed by atoms with Crippen LogP contribution in [0.25, 0.3) is 0 Å². The highest BCUT2D eigenvalue weighted by Crippen LogP contribution is 2.18. The zero-order valence-electron chi connectivity index (χ0n) is 12.4. The third kappa shape index (κ3) is 4.69. The first-order valence-electron chi connectivity index (χ1n) is 6.94. The van der Waals surface area contributed by atoms with E-state index >= 15 is 0 Å². The maximum absolute atomic E-state index is 11.5. The molecule has 0 aromatic carbocycles. The molecule has 0 saturated heterocycles. The van der Waals surface area contributed by atoms with Crippen LogP contribution in [0.2, 0.25) is 0 Å². The molecule has 0 aliphatic rings. The van der Waals surface area contributed by atoms with E-state index in [1.165, 1.54) is 0 Å². The van der Waals surface area contributed by atoms with E-state index < -0.39 is 5.54 Å². The summed E-state index contributed by atoms with van der Waals surface area (Å²) in [5, 5.41) is 19.4. The number of thioether (sulfide) groups is 1. The highest BCUT2D eigenvalue weighted by molar-refractivity contribution is 7.99. The number of rotatable bonds is 9. The van der Waals surface area contributed by atoms with E-state index in [1.54, 1.807) is 16.3 Å². The second kappa shape index (κ2) is 8.12. The fraction of sp³-hybridized carbons (Fsp3) is 0.769. The normalized spacial score (nSPS) is 13.9. The van der Waals surface area contributed by atoms with Crippen molar-refractivity contribution in [2.45, 2.75) is 56.8 Å². The molecule has 1 aromatic heterocycles. The number of hydrogen-bond donors (Lipinski definition) is 2. The molecule has 0 radical (unpaired) electrons. The molecule has 112 valence electrons. The van der Waals surface area contributed by atoms with Crippen LogP contribution < -0.4 is 11.0 Å². The number of nitrogens with zero attached hydrogens (tertiary/aromatic N) is 3. The Bertz CT molecular complexity index is 504. The minimum Gasteiger partial charge on any atom is -0.303 e.